The monoisotopic (exact) mass is 849 g/mol. The molecular formula is C43H72N6O11. The third-order valence-corrected chi connectivity index (χ3v) is 11.9. The van der Waals surface area contributed by atoms with Gasteiger partial charge in [0.2, 0.25) is 11.8 Å². The molecule has 17 heteroatoms. The Morgan fingerprint density at radius 1 is 0.550 bits per heavy atom. The molecule has 5 atom stereocenters. The number of unbranched alkanes of at least 4 members (excludes halogenated alkanes) is 1. The minimum Gasteiger partial charge on any atom is -0.481 e. The third kappa shape index (κ3) is 14.6. The summed E-state index contributed by atoms with van der Waals surface area (Å²) in [4.78, 5) is 119. The Labute approximate surface area is 355 Å². The molecule has 0 aromatic carbocycles. The van der Waals surface area contributed by atoms with Gasteiger partial charge in [0.1, 0.15) is 5.78 Å². The molecular weight excluding hydrogens is 777 g/mol. The maximum atomic E-state index is 14.1. The lowest BCUT2D eigenvalue weighted by Crippen LogP contribution is -2.64. The van der Waals surface area contributed by atoms with E-state index in [4.69, 9.17) is 0 Å². The number of aliphatic carboxylic acids is 2. The van der Waals surface area contributed by atoms with Crippen LogP contribution in [0.3, 0.4) is 0 Å². The van der Waals surface area contributed by atoms with Crippen molar-refractivity contribution in [3.8, 4) is 0 Å². The van der Waals surface area contributed by atoms with Crippen molar-refractivity contribution in [2.24, 2.45) is 0 Å². The van der Waals surface area contributed by atoms with Gasteiger partial charge in [0, 0.05) is 39.8 Å². The molecule has 6 N–H and O–H groups in total. The van der Waals surface area contributed by atoms with Crippen LogP contribution in [0.1, 0.15) is 147 Å². The van der Waals surface area contributed by atoms with Gasteiger partial charge < -0.3 is 25.3 Å². The molecule has 2 saturated heterocycles. The zero-order chi connectivity index (χ0) is 46.0. The van der Waals surface area contributed by atoms with E-state index in [2.05, 4.69) is 21.3 Å². The second kappa shape index (κ2) is 21.7. The molecule has 2 aliphatic rings. The van der Waals surface area contributed by atoms with E-state index < -0.39 is 70.1 Å². The third-order valence-electron chi connectivity index (χ3n) is 11.9. The highest BCUT2D eigenvalue weighted by molar-refractivity contribution is 5.99. The van der Waals surface area contributed by atoms with E-state index in [1.54, 1.807) is 55.4 Å². The molecule has 2 rings (SSSR count). The van der Waals surface area contributed by atoms with Crippen LogP contribution in [0.2, 0.25) is 0 Å². The average molecular weight is 849 g/mol. The van der Waals surface area contributed by atoms with Crippen molar-refractivity contribution in [3.05, 3.63) is 0 Å². The normalized spacial score (nSPS) is 19.1. The Morgan fingerprint density at radius 3 is 1.30 bits per heavy atom. The zero-order valence-electron chi connectivity index (χ0n) is 37.7. The van der Waals surface area contributed by atoms with Gasteiger partial charge in [0.15, 0.2) is 23.1 Å². The fourth-order valence-corrected chi connectivity index (χ4v) is 8.47. The van der Waals surface area contributed by atoms with E-state index in [1.165, 1.54) is 30.6 Å². The largest absolute Gasteiger partial charge is 0.481 e. The van der Waals surface area contributed by atoms with Crippen LogP contribution in [0, 0.1) is 0 Å². The molecule has 2 aliphatic heterocycles. The number of nitrogens with zero attached hydrogens (tertiary/aromatic N) is 2. The molecule has 17 nitrogen and oxygen atoms in total. The number of likely N-dealkylation sites (tertiary alicyclic amines) is 2. The molecule has 2 amide bonds. The number of ketones is 5. The van der Waals surface area contributed by atoms with Gasteiger partial charge >= 0.3 is 11.9 Å². The van der Waals surface area contributed by atoms with Crippen LogP contribution < -0.4 is 21.3 Å². The number of carbonyl (C=O) groups is 9. The highest BCUT2D eigenvalue weighted by Gasteiger charge is 2.46. The zero-order valence-corrected chi connectivity index (χ0v) is 37.7. The van der Waals surface area contributed by atoms with Gasteiger partial charge in [0.25, 0.3) is 0 Å². The Bertz CT molecular complexity index is 1620. The summed E-state index contributed by atoms with van der Waals surface area (Å²) in [5, 5.41) is 31.6. The maximum Gasteiger partial charge on any atom is 0.303 e. The van der Waals surface area contributed by atoms with Crippen molar-refractivity contribution >= 4 is 52.7 Å². The van der Waals surface area contributed by atoms with Gasteiger partial charge in [-0.15, -0.1) is 0 Å². The standard InChI is InChI=1S/C43H72N6O11/c1-26(50)29(45-41(6,7)37(58)31(20-22-35(55)56)47-43(10,11)39(60)33-18-15-25-49(33)28(3)52)16-12-13-23-44-40(4,5)36(57)30(19-21-34(53)54)46-42(8,9)38(59)32-17-14-24-48(32)27(2)51/h29-33,44-47H,12-25H2,1-11H3,(H,53,54)(H,55,56). The molecule has 340 valence electrons. The fraction of sp³-hybridized carbons (Fsp3) is 0.791. The van der Waals surface area contributed by atoms with Crippen LogP contribution in [0.5, 0.6) is 0 Å². The average Bonchev–Trinajstić information content (AvgIpc) is 3.84. The molecule has 60 heavy (non-hydrogen) atoms. The molecule has 0 saturated carbocycles. The summed E-state index contributed by atoms with van der Waals surface area (Å²) >= 11 is 0. The lowest BCUT2D eigenvalue weighted by Gasteiger charge is -2.38. The first kappa shape index (κ1) is 52.2. The first-order valence-electron chi connectivity index (χ1n) is 21.3. The van der Waals surface area contributed by atoms with E-state index in [0.717, 1.165) is 0 Å². The second-order valence-corrected chi connectivity index (χ2v) is 18.7. The van der Waals surface area contributed by atoms with Crippen LogP contribution in [-0.2, 0) is 43.2 Å². The van der Waals surface area contributed by atoms with Gasteiger partial charge in [0.05, 0.1) is 52.4 Å². The Balaban J connectivity index is 2.10. The van der Waals surface area contributed by atoms with Crippen LogP contribution in [0.15, 0.2) is 0 Å². The number of nitrogens with one attached hydrogen (secondary N) is 4. The molecule has 0 aliphatic carbocycles. The van der Waals surface area contributed by atoms with Crippen LogP contribution in [0.4, 0.5) is 0 Å². The topological polar surface area (TPSA) is 249 Å². The second-order valence-electron chi connectivity index (χ2n) is 18.7. The Hall–Kier alpha value is -3.93. The number of rotatable bonds is 27. The quantitative estimate of drug-likeness (QED) is 0.0650. The highest BCUT2D eigenvalue weighted by atomic mass is 16.4. The predicted octanol–water partition coefficient (Wildman–Crippen LogP) is 2.35. The summed E-state index contributed by atoms with van der Waals surface area (Å²) in [5.74, 6) is -4.14. The van der Waals surface area contributed by atoms with Crippen molar-refractivity contribution < 1.29 is 53.4 Å². The summed E-state index contributed by atoms with van der Waals surface area (Å²) in [7, 11) is 0. The lowest BCUT2D eigenvalue weighted by atomic mass is 9.85. The molecule has 0 radical (unpaired) electrons. The maximum absolute atomic E-state index is 14.1. The van der Waals surface area contributed by atoms with Gasteiger partial charge in [-0.25, -0.2) is 0 Å². The van der Waals surface area contributed by atoms with Gasteiger partial charge in [-0.1, -0.05) is 6.42 Å². The molecule has 0 aromatic heterocycles. The number of carboxylic acids is 2. The Kier molecular flexibility index (Phi) is 18.9. The smallest absolute Gasteiger partial charge is 0.303 e. The molecule has 2 fully saturated rings. The molecule has 5 unspecified atom stereocenters. The minimum atomic E-state index is -1.33. The fourth-order valence-electron chi connectivity index (χ4n) is 8.47. The number of carboxylic acid groups (broad SMARTS) is 2. The van der Waals surface area contributed by atoms with Gasteiger partial charge in [-0.2, -0.15) is 0 Å². The van der Waals surface area contributed by atoms with E-state index in [1.807, 2.05) is 0 Å². The van der Waals surface area contributed by atoms with E-state index in [0.29, 0.717) is 64.6 Å². The minimum absolute atomic E-state index is 0.0585. The first-order valence-corrected chi connectivity index (χ1v) is 21.3. The summed E-state index contributed by atoms with van der Waals surface area (Å²) in [5.41, 5.74) is -5.00. The van der Waals surface area contributed by atoms with E-state index in [9.17, 15) is 53.4 Å². The first-order chi connectivity index (χ1) is 27.6. The van der Waals surface area contributed by atoms with Gasteiger partial charge in [-0.05, 0) is 120 Å². The SMILES string of the molecule is CC(=O)C(CCCCNC(C)(C)C(=O)C(CCC(=O)O)NC(C)(C)C(=O)C1CCCN1C(C)=O)NC(C)(C)C(=O)C(CCC(=O)O)NC(C)(C)C(=O)C1CCCN1C(C)=O. The molecule has 0 aromatic rings. The number of amides is 2. The molecule has 0 bridgehead atoms. The van der Waals surface area contributed by atoms with E-state index >= 15 is 0 Å². The summed E-state index contributed by atoms with van der Waals surface area (Å²) < 4.78 is 0. The van der Waals surface area contributed by atoms with E-state index in [-0.39, 0.29) is 60.6 Å². The Morgan fingerprint density at radius 2 is 0.933 bits per heavy atom. The summed E-state index contributed by atoms with van der Waals surface area (Å²) in [6.45, 7) is 18.6. The number of carbonyl (C=O) groups excluding carboxylic acids is 7. The highest BCUT2D eigenvalue weighted by Crippen LogP contribution is 2.26. The number of hydrogen-bond donors (Lipinski definition) is 6. The van der Waals surface area contributed by atoms with Crippen molar-refractivity contribution in [1.82, 2.24) is 31.1 Å². The van der Waals surface area contributed by atoms with Crippen molar-refractivity contribution in [3.63, 3.8) is 0 Å². The van der Waals surface area contributed by atoms with Crippen molar-refractivity contribution in [2.75, 3.05) is 19.6 Å². The summed E-state index contributed by atoms with van der Waals surface area (Å²) in [6, 6.07) is -4.10. The van der Waals surface area contributed by atoms with Gasteiger partial charge in [-0.3, -0.25) is 59.1 Å². The van der Waals surface area contributed by atoms with Crippen LogP contribution in [0.25, 0.3) is 0 Å². The molecule has 0 spiro atoms. The number of Topliss-reactive ketones (excluding diaryl/α,β-unsaturated/α-hetero) is 5. The predicted molar refractivity (Wildman–Crippen MR) is 224 cm³/mol. The lowest BCUT2D eigenvalue weighted by molar-refractivity contribution is -0.140. The van der Waals surface area contributed by atoms with Crippen molar-refractivity contribution in [2.45, 2.75) is 199 Å². The summed E-state index contributed by atoms with van der Waals surface area (Å²) in [6.07, 6.45) is 2.88. The number of hydrogen-bond acceptors (Lipinski definition) is 13. The van der Waals surface area contributed by atoms with Crippen LogP contribution >= 0.6 is 0 Å². The van der Waals surface area contributed by atoms with Crippen LogP contribution in [-0.4, -0.2) is 145 Å². The van der Waals surface area contributed by atoms with Crippen molar-refractivity contribution in [1.29, 1.82) is 0 Å². The molecule has 2 heterocycles.